The summed E-state index contributed by atoms with van der Waals surface area (Å²) in [5, 5.41) is 6.96. The van der Waals surface area contributed by atoms with E-state index in [1.807, 2.05) is 42.5 Å². The van der Waals surface area contributed by atoms with Crippen LogP contribution < -0.4 is 10.1 Å². The number of carbonyl (C=O) groups is 1. The lowest BCUT2D eigenvalue weighted by Gasteiger charge is -2.34. The molecule has 1 saturated heterocycles. The van der Waals surface area contributed by atoms with E-state index in [0.29, 0.717) is 25.5 Å². The predicted molar refractivity (Wildman–Crippen MR) is 112 cm³/mol. The average molecular weight is 407 g/mol. The van der Waals surface area contributed by atoms with E-state index in [-0.39, 0.29) is 17.6 Å². The zero-order valence-electron chi connectivity index (χ0n) is 16.9. The number of hydrogen-bond acceptors (Lipinski definition) is 6. The summed E-state index contributed by atoms with van der Waals surface area (Å²) in [6.45, 7) is 3.55. The molecule has 1 N–H and O–H groups in total. The molecular weight excluding hydrogens is 382 g/mol. The van der Waals surface area contributed by atoms with Crippen LogP contribution in [0.4, 0.5) is 0 Å². The first-order chi connectivity index (χ1) is 14.7. The highest BCUT2D eigenvalue weighted by Crippen LogP contribution is 2.24. The van der Waals surface area contributed by atoms with Crippen LogP contribution in [0.3, 0.4) is 0 Å². The van der Waals surface area contributed by atoms with Crippen molar-refractivity contribution < 1.29 is 18.8 Å². The molecule has 4 rings (SSSR count). The number of benzene rings is 2. The quantitative estimate of drug-likeness (QED) is 0.648. The Balaban J connectivity index is 1.43. The Hall–Kier alpha value is -3.16. The molecule has 1 unspecified atom stereocenters. The van der Waals surface area contributed by atoms with Gasteiger partial charge < -0.3 is 19.3 Å². The smallest absolute Gasteiger partial charge is 0.273 e. The summed E-state index contributed by atoms with van der Waals surface area (Å²) in [5.41, 5.74) is 2.26. The van der Waals surface area contributed by atoms with Crippen LogP contribution in [0, 0.1) is 0 Å². The molecule has 0 saturated carbocycles. The lowest BCUT2D eigenvalue weighted by atomic mass is 10.0. The van der Waals surface area contributed by atoms with Crippen LogP contribution in [0.2, 0.25) is 0 Å². The van der Waals surface area contributed by atoms with Crippen molar-refractivity contribution in [1.29, 1.82) is 0 Å². The van der Waals surface area contributed by atoms with Crippen molar-refractivity contribution in [3.63, 3.8) is 0 Å². The summed E-state index contributed by atoms with van der Waals surface area (Å²) < 4.78 is 16.0. The van der Waals surface area contributed by atoms with Crippen molar-refractivity contribution in [3.8, 4) is 17.1 Å². The van der Waals surface area contributed by atoms with Gasteiger partial charge in [0.1, 0.15) is 5.75 Å². The highest BCUT2D eigenvalue weighted by molar-refractivity contribution is 5.93. The number of nitrogens with one attached hydrogen (secondary N) is 1. The number of nitrogens with zero attached hydrogens (tertiary/aromatic N) is 2. The van der Waals surface area contributed by atoms with Crippen LogP contribution in [-0.4, -0.2) is 55.9 Å². The SMILES string of the molecule is COc1ccc(-c2cc(C(=O)NCC(c3ccccc3)N3CCOCC3)no2)cc1. The van der Waals surface area contributed by atoms with E-state index in [1.165, 1.54) is 5.56 Å². The summed E-state index contributed by atoms with van der Waals surface area (Å²) >= 11 is 0. The molecule has 30 heavy (non-hydrogen) atoms. The third-order valence-electron chi connectivity index (χ3n) is 5.24. The molecule has 0 radical (unpaired) electrons. The first-order valence-corrected chi connectivity index (χ1v) is 10.0. The maximum absolute atomic E-state index is 12.7. The van der Waals surface area contributed by atoms with Gasteiger partial charge in [0, 0.05) is 31.3 Å². The molecule has 156 valence electrons. The van der Waals surface area contributed by atoms with E-state index in [0.717, 1.165) is 24.4 Å². The molecule has 1 aliphatic heterocycles. The van der Waals surface area contributed by atoms with Gasteiger partial charge in [-0.05, 0) is 29.8 Å². The fraction of sp³-hybridized carbons (Fsp3) is 0.304. The molecule has 1 amide bonds. The van der Waals surface area contributed by atoms with Crippen LogP contribution in [0.1, 0.15) is 22.1 Å². The van der Waals surface area contributed by atoms with E-state index in [2.05, 4.69) is 27.5 Å². The summed E-state index contributed by atoms with van der Waals surface area (Å²) in [6.07, 6.45) is 0. The normalized spacial score (nSPS) is 15.5. The van der Waals surface area contributed by atoms with Crippen LogP contribution in [0.5, 0.6) is 5.75 Å². The van der Waals surface area contributed by atoms with E-state index in [9.17, 15) is 4.79 Å². The monoisotopic (exact) mass is 407 g/mol. The number of ether oxygens (including phenoxy) is 2. The highest BCUT2D eigenvalue weighted by atomic mass is 16.5. The number of hydrogen-bond donors (Lipinski definition) is 1. The molecule has 0 aliphatic carbocycles. The molecule has 0 bridgehead atoms. The maximum atomic E-state index is 12.7. The van der Waals surface area contributed by atoms with Crippen molar-refractivity contribution in [3.05, 3.63) is 71.9 Å². The molecular formula is C23H25N3O4. The second-order valence-corrected chi connectivity index (χ2v) is 7.09. The van der Waals surface area contributed by atoms with Crippen LogP contribution in [0.15, 0.2) is 65.2 Å². The second-order valence-electron chi connectivity index (χ2n) is 7.09. The minimum atomic E-state index is -0.257. The number of rotatable bonds is 7. The molecule has 1 aliphatic rings. The van der Waals surface area contributed by atoms with Gasteiger partial charge in [-0.15, -0.1) is 0 Å². The summed E-state index contributed by atoms with van der Waals surface area (Å²) in [7, 11) is 1.62. The van der Waals surface area contributed by atoms with Crippen molar-refractivity contribution in [2.75, 3.05) is 40.0 Å². The predicted octanol–water partition coefficient (Wildman–Crippen LogP) is 3.15. The molecule has 1 aromatic heterocycles. The van der Waals surface area contributed by atoms with Gasteiger partial charge >= 0.3 is 0 Å². The van der Waals surface area contributed by atoms with Crippen LogP contribution >= 0.6 is 0 Å². The minimum Gasteiger partial charge on any atom is -0.497 e. The zero-order valence-corrected chi connectivity index (χ0v) is 16.9. The van der Waals surface area contributed by atoms with Gasteiger partial charge in [-0.1, -0.05) is 35.5 Å². The van der Waals surface area contributed by atoms with Crippen molar-refractivity contribution >= 4 is 5.91 Å². The van der Waals surface area contributed by atoms with Crippen LogP contribution in [0.25, 0.3) is 11.3 Å². The third kappa shape index (κ3) is 4.69. The van der Waals surface area contributed by atoms with E-state index in [1.54, 1.807) is 13.2 Å². The van der Waals surface area contributed by atoms with E-state index >= 15 is 0 Å². The number of amides is 1. The van der Waals surface area contributed by atoms with Gasteiger partial charge in [0.25, 0.3) is 5.91 Å². The van der Waals surface area contributed by atoms with Gasteiger partial charge in [0.05, 0.1) is 26.4 Å². The fourth-order valence-corrected chi connectivity index (χ4v) is 3.58. The average Bonchev–Trinajstić information content (AvgIpc) is 3.31. The number of carbonyl (C=O) groups excluding carboxylic acids is 1. The molecule has 1 fully saturated rings. The van der Waals surface area contributed by atoms with E-state index < -0.39 is 0 Å². The van der Waals surface area contributed by atoms with Crippen LogP contribution in [-0.2, 0) is 4.74 Å². The van der Waals surface area contributed by atoms with Gasteiger partial charge in [0.15, 0.2) is 11.5 Å². The van der Waals surface area contributed by atoms with Gasteiger partial charge in [-0.2, -0.15) is 0 Å². The van der Waals surface area contributed by atoms with Crippen molar-refractivity contribution in [2.24, 2.45) is 0 Å². The largest absolute Gasteiger partial charge is 0.497 e. The Bertz CT molecular complexity index is 950. The summed E-state index contributed by atoms with van der Waals surface area (Å²) in [4.78, 5) is 15.0. The van der Waals surface area contributed by atoms with Crippen molar-refractivity contribution in [2.45, 2.75) is 6.04 Å². The standard InChI is InChI=1S/C23H25N3O4/c1-28-19-9-7-18(8-10-19)22-15-20(25-30-22)23(27)24-16-21(17-5-3-2-4-6-17)26-11-13-29-14-12-26/h2-10,15,21H,11-14,16H2,1H3,(H,24,27). The first-order valence-electron chi connectivity index (χ1n) is 10.0. The Labute approximate surface area is 175 Å². The Kier molecular flexibility index (Phi) is 6.41. The molecule has 1 atom stereocenters. The Morgan fingerprint density at radius 3 is 2.57 bits per heavy atom. The Morgan fingerprint density at radius 2 is 1.87 bits per heavy atom. The van der Waals surface area contributed by atoms with Gasteiger partial charge in [0.2, 0.25) is 0 Å². The van der Waals surface area contributed by atoms with Gasteiger partial charge in [-0.25, -0.2) is 0 Å². The van der Waals surface area contributed by atoms with Crippen molar-refractivity contribution in [1.82, 2.24) is 15.4 Å². The lowest BCUT2D eigenvalue weighted by molar-refractivity contribution is 0.0162. The maximum Gasteiger partial charge on any atom is 0.273 e. The topological polar surface area (TPSA) is 76.8 Å². The summed E-state index contributed by atoms with van der Waals surface area (Å²) in [5.74, 6) is 1.04. The highest BCUT2D eigenvalue weighted by Gasteiger charge is 2.24. The van der Waals surface area contributed by atoms with Gasteiger partial charge in [-0.3, -0.25) is 9.69 Å². The number of aromatic nitrogens is 1. The third-order valence-corrected chi connectivity index (χ3v) is 5.24. The number of morpholine rings is 1. The molecule has 7 heteroatoms. The second kappa shape index (κ2) is 9.56. The zero-order chi connectivity index (χ0) is 20.8. The molecule has 2 heterocycles. The lowest BCUT2D eigenvalue weighted by Crippen LogP contribution is -2.43. The Morgan fingerprint density at radius 1 is 1.13 bits per heavy atom. The molecule has 7 nitrogen and oxygen atoms in total. The molecule has 3 aromatic rings. The fourth-order valence-electron chi connectivity index (χ4n) is 3.58. The molecule has 2 aromatic carbocycles. The minimum absolute atomic E-state index is 0.0759. The van der Waals surface area contributed by atoms with E-state index in [4.69, 9.17) is 14.0 Å². The first kappa shape index (κ1) is 20.1. The number of methoxy groups -OCH3 is 1. The summed E-state index contributed by atoms with van der Waals surface area (Å²) in [6, 6.07) is 19.3. The molecule has 0 spiro atoms.